The predicted molar refractivity (Wildman–Crippen MR) is 129 cm³/mol. The predicted octanol–water partition coefficient (Wildman–Crippen LogP) is 5.85. The zero-order chi connectivity index (χ0) is 21.6. The molecule has 4 rings (SSSR count). The van der Waals surface area contributed by atoms with E-state index in [-0.39, 0.29) is 5.91 Å². The maximum absolute atomic E-state index is 13.2. The summed E-state index contributed by atoms with van der Waals surface area (Å²) in [6.45, 7) is 2.63. The number of amides is 1. The van der Waals surface area contributed by atoms with Crippen LogP contribution < -0.4 is 4.74 Å². The van der Waals surface area contributed by atoms with Gasteiger partial charge in [-0.2, -0.15) is 0 Å². The van der Waals surface area contributed by atoms with Crippen molar-refractivity contribution >= 4 is 34.6 Å². The number of nitrogens with zero attached hydrogens (tertiary/aromatic N) is 2. The fourth-order valence-electron chi connectivity index (χ4n) is 3.26. The standard InChI is InChI=1S/C26H24N2O2S/c1-19-8-12-22(13-9-19)27-26-28(17-16-20-6-4-3-5-7-20)25(29)24(31-26)18-21-10-14-23(30-2)15-11-21/h3-15,18H,16-17H2,1-2H3/b24-18+,27-26?. The molecule has 0 saturated carbocycles. The van der Waals surface area contributed by atoms with E-state index in [0.29, 0.717) is 16.6 Å². The number of aryl methyl sites for hydroxylation is 1. The minimum atomic E-state index is -0.0115. The Hall–Kier alpha value is -3.31. The van der Waals surface area contributed by atoms with Gasteiger partial charge < -0.3 is 4.74 Å². The highest BCUT2D eigenvalue weighted by Crippen LogP contribution is 2.34. The SMILES string of the molecule is COc1ccc(/C=C2/SC(=Nc3ccc(C)cc3)N(CCc3ccccc3)C2=O)cc1. The molecule has 0 atom stereocenters. The summed E-state index contributed by atoms with van der Waals surface area (Å²) in [4.78, 5) is 20.5. The van der Waals surface area contributed by atoms with Crippen LogP contribution >= 0.6 is 11.8 Å². The van der Waals surface area contributed by atoms with E-state index in [9.17, 15) is 4.79 Å². The van der Waals surface area contributed by atoms with Crippen LogP contribution in [-0.4, -0.2) is 29.6 Å². The van der Waals surface area contributed by atoms with Crippen molar-refractivity contribution in [3.8, 4) is 5.75 Å². The van der Waals surface area contributed by atoms with E-state index in [1.165, 1.54) is 22.9 Å². The lowest BCUT2D eigenvalue weighted by atomic mass is 10.1. The van der Waals surface area contributed by atoms with Crippen LogP contribution in [0.25, 0.3) is 6.08 Å². The van der Waals surface area contributed by atoms with Crippen LogP contribution in [0.2, 0.25) is 0 Å². The van der Waals surface area contributed by atoms with E-state index < -0.39 is 0 Å². The van der Waals surface area contributed by atoms with Gasteiger partial charge in [0.1, 0.15) is 5.75 Å². The summed E-state index contributed by atoms with van der Waals surface area (Å²) in [5, 5.41) is 0.713. The van der Waals surface area contributed by atoms with Crippen molar-refractivity contribution in [2.24, 2.45) is 4.99 Å². The summed E-state index contributed by atoms with van der Waals surface area (Å²) in [6.07, 6.45) is 2.69. The first kappa shape index (κ1) is 20.9. The van der Waals surface area contributed by atoms with Gasteiger partial charge in [-0.15, -0.1) is 0 Å². The maximum atomic E-state index is 13.2. The Kier molecular flexibility index (Phi) is 6.53. The number of hydrogen-bond donors (Lipinski definition) is 0. The molecule has 0 spiro atoms. The Bertz CT molecular complexity index is 1100. The quantitative estimate of drug-likeness (QED) is 0.463. The van der Waals surface area contributed by atoms with Crippen molar-refractivity contribution in [3.05, 3.63) is 100 Å². The van der Waals surface area contributed by atoms with Gasteiger partial charge in [0, 0.05) is 6.54 Å². The van der Waals surface area contributed by atoms with Gasteiger partial charge in [0.05, 0.1) is 17.7 Å². The largest absolute Gasteiger partial charge is 0.497 e. The summed E-state index contributed by atoms with van der Waals surface area (Å²) in [7, 11) is 1.64. The molecule has 3 aromatic rings. The van der Waals surface area contributed by atoms with Crippen LogP contribution in [0, 0.1) is 6.92 Å². The molecule has 0 radical (unpaired) electrons. The molecule has 1 fully saturated rings. The van der Waals surface area contributed by atoms with Gasteiger partial charge in [0.2, 0.25) is 0 Å². The average Bonchev–Trinajstić information content (AvgIpc) is 3.09. The van der Waals surface area contributed by atoms with Gasteiger partial charge in [-0.05, 0) is 66.6 Å². The summed E-state index contributed by atoms with van der Waals surface area (Å²) >= 11 is 1.42. The highest BCUT2D eigenvalue weighted by molar-refractivity contribution is 8.18. The Balaban J connectivity index is 1.62. The number of carbonyl (C=O) groups is 1. The van der Waals surface area contributed by atoms with Crippen LogP contribution in [0.5, 0.6) is 5.75 Å². The molecule has 0 unspecified atom stereocenters. The Morgan fingerprint density at radius 2 is 1.68 bits per heavy atom. The van der Waals surface area contributed by atoms with Gasteiger partial charge >= 0.3 is 0 Å². The summed E-state index contributed by atoms with van der Waals surface area (Å²) in [5.41, 5.74) is 4.18. The van der Waals surface area contributed by atoms with Crippen molar-refractivity contribution < 1.29 is 9.53 Å². The number of ether oxygens (including phenoxy) is 1. The van der Waals surface area contributed by atoms with E-state index in [2.05, 4.69) is 12.1 Å². The molecule has 0 aliphatic carbocycles. The van der Waals surface area contributed by atoms with E-state index in [0.717, 1.165) is 23.4 Å². The second-order valence-corrected chi connectivity index (χ2v) is 8.32. The zero-order valence-corrected chi connectivity index (χ0v) is 18.4. The minimum Gasteiger partial charge on any atom is -0.497 e. The fourth-order valence-corrected chi connectivity index (χ4v) is 4.28. The Labute approximate surface area is 187 Å². The number of hydrogen-bond acceptors (Lipinski definition) is 4. The van der Waals surface area contributed by atoms with Gasteiger partial charge in [0.25, 0.3) is 5.91 Å². The third-order valence-electron chi connectivity index (χ3n) is 5.03. The first-order valence-corrected chi connectivity index (χ1v) is 11.0. The molecule has 0 N–H and O–H groups in total. The summed E-state index contributed by atoms with van der Waals surface area (Å²) in [6, 6.07) is 25.9. The van der Waals surface area contributed by atoms with Gasteiger partial charge in [-0.25, -0.2) is 4.99 Å². The summed E-state index contributed by atoms with van der Waals surface area (Å²) < 4.78 is 5.22. The third kappa shape index (κ3) is 5.25. The van der Waals surface area contributed by atoms with E-state index in [4.69, 9.17) is 9.73 Å². The smallest absolute Gasteiger partial charge is 0.266 e. The number of thioether (sulfide) groups is 1. The van der Waals surface area contributed by atoms with E-state index in [1.54, 1.807) is 12.0 Å². The number of methoxy groups -OCH3 is 1. The van der Waals surface area contributed by atoms with Crippen LogP contribution in [-0.2, 0) is 11.2 Å². The molecule has 0 aromatic heterocycles. The van der Waals surface area contributed by atoms with Crippen molar-refractivity contribution in [1.82, 2.24) is 4.90 Å². The minimum absolute atomic E-state index is 0.0115. The molecular weight excluding hydrogens is 404 g/mol. The average molecular weight is 429 g/mol. The molecule has 1 aliphatic heterocycles. The Morgan fingerprint density at radius 1 is 0.968 bits per heavy atom. The number of rotatable bonds is 6. The van der Waals surface area contributed by atoms with Crippen molar-refractivity contribution in [2.75, 3.05) is 13.7 Å². The molecule has 1 saturated heterocycles. The highest BCUT2D eigenvalue weighted by Gasteiger charge is 2.33. The lowest BCUT2D eigenvalue weighted by Gasteiger charge is -2.15. The van der Waals surface area contributed by atoms with Crippen LogP contribution in [0.4, 0.5) is 5.69 Å². The van der Waals surface area contributed by atoms with Crippen LogP contribution in [0.1, 0.15) is 16.7 Å². The number of benzene rings is 3. The second kappa shape index (κ2) is 9.67. The van der Waals surface area contributed by atoms with Gasteiger partial charge in [-0.1, -0.05) is 60.2 Å². The van der Waals surface area contributed by atoms with Crippen molar-refractivity contribution in [1.29, 1.82) is 0 Å². The highest BCUT2D eigenvalue weighted by atomic mass is 32.2. The number of carbonyl (C=O) groups excluding carboxylic acids is 1. The first-order chi connectivity index (χ1) is 15.1. The van der Waals surface area contributed by atoms with Gasteiger partial charge in [-0.3, -0.25) is 9.69 Å². The van der Waals surface area contributed by atoms with E-state index >= 15 is 0 Å². The Morgan fingerprint density at radius 3 is 2.35 bits per heavy atom. The number of amidine groups is 1. The van der Waals surface area contributed by atoms with Crippen LogP contribution in [0.3, 0.4) is 0 Å². The third-order valence-corrected chi connectivity index (χ3v) is 6.03. The molecule has 5 heteroatoms. The van der Waals surface area contributed by atoms with E-state index in [1.807, 2.05) is 79.7 Å². The zero-order valence-electron chi connectivity index (χ0n) is 17.6. The topological polar surface area (TPSA) is 41.9 Å². The van der Waals surface area contributed by atoms with Crippen LogP contribution in [0.15, 0.2) is 88.8 Å². The lowest BCUT2D eigenvalue weighted by Crippen LogP contribution is -2.31. The maximum Gasteiger partial charge on any atom is 0.266 e. The first-order valence-electron chi connectivity index (χ1n) is 10.2. The number of aliphatic imine (C=N–C) groups is 1. The molecule has 1 heterocycles. The van der Waals surface area contributed by atoms with Gasteiger partial charge in [0.15, 0.2) is 5.17 Å². The molecule has 31 heavy (non-hydrogen) atoms. The molecule has 1 aliphatic rings. The van der Waals surface area contributed by atoms with Crippen molar-refractivity contribution in [3.63, 3.8) is 0 Å². The monoisotopic (exact) mass is 428 g/mol. The normalized spacial score (nSPS) is 16.3. The van der Waals surface area contributed by atoms with Crippen molar-refractivity contribution in [2.45, 2.75) is 13.3 Å². The molecule has 156 valence electrons. The summed E-state index contributed by atoms with van der Waals surface area (Å²) in [5.74, 6) is 0.779. The fraction of sp³-hybridized carbons (Fsp3) is 0.154. The molecule has 0 bridgehead atoms. The molecule has 1 amide bonds. The molecule has 4 nitrogen and oxygen atoms in total. The second-order valence-electron chi connectivity index (χ2n) is 7.31. The lowest BCUT2D eigenvalue weighted by molar-refractivity contribution is -0.122. The molecular formula is C26H24N2O2S. The molecule has 3 aromatic carbocycles.